The number of anilines is 2. The predicted molar refractivity (Wildman–Crippen MR) is 508 cm³/mol. The topological polar surface area (TPSA) is 312 Å². The molecular formula is C103H111Ir5N7O13S. The molecule has 0 saturated heterocycles. The molecule has 129 heavy (non-hydrogen) atoms. The van der Waals surface area contributed by atoms with E-state index in [1.165, 1.54) is 133 Å². The van der Waals surface area contributed by atoms with E-state index in [9.17, 15) is 4.79 Å². The minimum absolute atomic E-state index is 0. The second-order valence-electron chi connectivity index (χ2n) is 29.3. The van der Waals surface area contributed by atoms with E-state index in [4.69, 9.17) is 64.0 Å². The van der Waals surface area contributed by atoms with E-state index in [2.05, 4.69) is 148 Å². The van der Waals surface area contributed by atoms with Gasteiger partial charge < -0.3 is 64.8 Å². The van der Waals surface area contributed by atoms with Crippen molar-refractivity contribution in [2.45, 2.75) is 133 Å². The van der Waals surface area contributed by atoms with Crippen molar-refractivity contribution < 1.29 is 164 Å². The molecule has 26 heteroatoms. The Kier molecular flexibility index (Phi) is 53.4. The van der Waals surface area contributed by atoms with Gasteiger partial charge in [0.25, 0.3) is 0 Å². The zero-order chi connectivity index (χ0) is 91.1. The van der Waals surface area contributed by atoms with Crippen LogP contribution in [0, 0.1) is 30.3 Å². The van der Waals surface area contributed by atoms with E-state index >= 15 is 0 Å². The average molecular weight is 2650 g/mol. The standard InChI is InChI=1S/C17H14NO.C16H15N2O.C16H14NS.C15H13N2.C14H10NO.5C5H8O2.5Ir/c1-17(2)14-11-7-6-10-13(14)16(19)15(18-17)12-8-4-3-5-9-12;1-18-15-9-4-3-6-13(15)11-17-16(18)12-7-5-8-14(10-12)19-2;1-16(2)13-10-6-7-11-14(13)18-15(17-16)12-8-4-3-5-9-12;1-17-14-10-6-5-9-13(14)11-16-15(17)12-7-3-2-4-8-12;1-2-6-11(7-3-1)14-15-10-12-8-4-5-9-13(12)16-14;5*1-4(6)3-5(2)7;;;;;/h3-8,10-11H,1-2H3;3-6,8-10H,11H2,1-2H3;3-8,10-11H,1-2H3;2-7,9-10H,11H2,1H3;1-6,8-9H,10H2;5*3,6H,1-2H3;;;;;/q5*-1;;;;;;;;;;/p+5. The molecule has 5 radical (unpaired) electrons. The van der Waals surface area contributed by atoms with Crippen LogP contribution in [0.3, 0.4) is 0 Å². The van der Waals surface area contributed by atoms with Crippen molar-refractivity contribution in [2.24, 2.45) is 25.0 Å². The number of thioether (sulfide) groups is 1. The summed E-state index contributed by atoms with van der Waals surface area (Å²) in [5.74, 6) is 5.52. The molecule has 20 nitrogen and oxygen atoms in total. The van der Waals surface area contributed by atoms with Crippen LogP contribution in [0.1, 0.15) is 163 Å². The van der Waals surface area contributed by atoms with Crippen LogP contribution in [0.5, 0.6) is 11.5 Å². The Balaban J connectivity index is 0.000000733. The number of hydrogen-bond donors (Lipinski definition) is 5. The number of carbonyl (C=O) groups is 1. The van der Waals surface area contributed by atoms with Crippen molar-refractivity contribution >= 4 is 86.2 Å². The van der Waals surface area contributed by atoms with E-state index in [1.54, 1.807) is 24.9 Å². The number of carbonyl (C=O) groups excluding carboxylic acids is 6. The van der Waals surface area contributed by atoms with Gasteiger partial charge in [-0.05, 0) is 109 Å². The molecule has 0 fully saturated rings. The van der Waals surface area contributed by atoms with Crippen LogP contribution in [-0.2, 0) is 131 Å². The summed E-state index contributed by atoms with van der Waals surface area (Å²) in [4.78, 5) is 83.3. The Morgan fingerprint density at radius 1 is 0.411 bits per heavy atom. The SMILES string of the molecule is CC(=[OH+])C=C(C)O.CC(=[OH+])C=C(C)O.CC(=[OH+])C=C(C)O.CC(=[OH+])C=C(C)O.CC(=[OH+])C=C(C)O.CC1(C)N=C(c2[c-]cccc2)C(=O)c2ccccc21.CC1(C)N=C(c2[c-]cccc2)Sc2ccccc21.CN1C(c2[c-]cccc2)=NCc2ccccc21.COc1cc[c-]c(C2=NCc3ccccc3N2C)c1.[Ir].[Ir].[Ir].[Ir].[Ir].[c-]1ccccc1C1=NCc2ccccc2O1. The maximum Gasteiger partial charge on any atom is 0.316 e. The molecule has 10 aromatic rings. The van der Waals surface area contributed by atoms with Crippen molar-refractivity contribution in [3.63, 3.8) is 0 Å². The second kappa shape index (κ2) is 59.3. The first-order valence-corrected chi connectivity index (χ1v) is 40.4. The van der Waals surface area contributed by atoms with Crippen LogP contribution < -0.4 is 19.3 Å². The number of rotatable bonds is 11. The summed E-state index contributed by atoms with van der Waals surface area (Å²) in [5.41, 5.74) is 13.8. The quantitative estimate of drug-likeness (QED) is 0.0351. The van der Waals surface area contributed by atoms with Gasteiger partial charge >= 0.3 is 28.9 Å². The summed E-state index contributed by atoms with van der Waals surface area (Å²) in [6.45, 7) is 25.5. The molecule has 0 aliphatic carbocycles. The first-order chi connectivity index (χ1) is 59.0. The van der Waals surface area contributed by atoms with Gasteiger partial charge in [-0.1, -0.05) is 109 Å². The second-order valence-corrected chi connectivity index (χ2v) is 30.4. The number of amidine groups is 2. The molecule has 5 heterocycles. The van der Waals surface area contributed by atoms with Gasteiger partial charge in [-0.25, -0.2) is 0 Å². The van der Waals surface area contributed by atoms with Crippen LogP contribution in [0.4, 0.5) is 11.4 Å². The summed E-state index contributed by atoms with van der Waals surface area (Å²) in [6.07, 6.45) is 6.39. The first-order valence-electron chi connectivity index (χ1n) is 39.6. The fraction of sp³-hybridized carbons (Fsp3) is 0.214. The van der Waals surface area contributed by atoms with Gasteiger partial charge in [0.2, 0.25) is 0 Å². The van der Waals surface area contributed by atoms with Crippen LogP contribution in [-0.4, -0.2) is 134 Å². The number of allylic oxidation sites excluding steroid dienone is 10. The third kappa shape index (κ3) is 39.9. The number of hydrogen-bond acceptors (Lipinski definition) is 16. The summed E-state index contributed by atoms with van der Waals surface area (Å²) in [7, 11) is 5.75. The van der Waals surface area contributed by atoms with Gasteiger partial charge in [-0.15, -0.1) is 174 Å². The van der Waals surface area contributed by atoms with Crippen molar-refractivity contribution in [3.05, 3.63) is 387 Å². The van der Waals surface area contributed by atoms with Crippen LogP contribution >= 0.6 is 11.8 Å². The Labute approximate surface area is 830 Å². The van der Waals surface area contributed by atoms with Crippen molar-refractivity contribution in [2.75, 3.05) is 31.0 Å². The van der Waals surface area contributed by atoms with Crippen LogP contribution in [0.15, 0.2) is 326 Å². The van der Waals surface area contributed by atoms with Crippen molar-refractivity contribution in [1.82, 2.24) is 0 Å². The maximum absolute atomic E-state index is 12.6. The van der Waals surface area contributed by atoms with Gasteiger partial charge in [0, 0.05) is 159 Å². The number of nitrogens with zero attached hydrogens (tertiary/aromatic N) is 7. The summed E-state index contributed by atoms with van der Waals surface area (Å²) >= 11 is 1.73. The molecule has 0 bridgehead atoms. The molecule has 687 valence electrons. The fourth-order valence-electron chi connectivity index (χ4n) is 12.3. The Hall–Kier alpha value is -10.9. The Morgan fingerprint density at radius 2 is 0.767 bits per heavy atom. The van der Waals surface area contributed by atoms with Crippen molar-refractivity contribution in [1.29, 1.82) is 0 Å². The Bertz CT molecular complexity index is 5480. The molecular weight excluding hydrogens is 2540 g/mol. The first kappa shape index (κ1) is 116. The maximum atomic E-state index is 12.6. The number of methoxy groups -OCH3 is 1. The number of ether oxygens (including phenoxy) is 2. The molecule has 0 spiro atoms. The van der Waals surface area contributed by atoms with Gasteiger partial charge in [0.15, 0.2) is 5.78 Å². The molecule has 10 aromatic carbocycles. The van der Waals surface area contributed by atoms with Gasteiger partial charge in [-0.3, -0.25) is 33.8 Å². The summed E-state index contributed by atoms with van der Waals surface area (Å²) in [6, 6.07) is 93.6. The zero-order valence-electron chi connectivity index (χ0n) is 74.9. The summed E-state index contributed by atoms with van der Waals surface area (Å²) in [5, 5.41) is 43.1. The molecule has 10 N–H and O–H groups in total. The number of ketones is 6. The van der Waals surface area contributed by atoms with Gasteiger partial charge in [-0.2, -0.15) is 0 Å². The molecule has 0 amide bonds. The van der Waals surface area contributed by atoms with E-state index < -0.39 is 0 Å². The smallest absolute Gasteiger partial charge is 0.316 e. The number of para-hydroxylation sites is 3. The zero-order valence-corrected chi connectivity index (χ0v) is 87.7. The van der Waals surface area contributed by atoms with Crippen molar-refractivity contribution in [3.8, 4) is 11.5 Å². The molecule has 5 aliphatic heterocycles. The van der Waals surface area contributed by atoms with Crippen LogP contribution in [0.25, 0.3) is 0 Å². The van der Waals surface area contributed by atoms with Gasteiger partial charge in [0.1, 0.15) is 11.6 Å². The molecule has 5 aliphatic rings. The third-order valence-electron chi connectivity index (χ3n) is 17.4. The normalized spacial score (nSPS) is 13.5. The summed E-state index contributed by atoms with van der Waals surface area (Å²) < 4.78 is 11.0. The van der Waals surface area contributed by atoms with E-state index in [0.717, 1.165) is 79.3 Å². The monoisotopic (exact) mass is 2650 g/mol. The van der Waals surface area contributed by atoms with E-state index in [1.807, 2.05) is 185 Å². The molecule has 0 atom stereocenters. The number of Topliss-reactive ketones (excluding diaryl/α,β-unsaturated/α-hetero) is 1. The average Bonchev–Trinajstić information content (AvgIpc) is 0.799. The largest absolute Gasteiger partial charge is 0.516 e. The number of benzene rings is 10. The van der Waals surface area contributed by atoms with Crippen LogP contribution in [0.2, 0.25) is 0 Å². The number of aliphatic imine (C=N–C) groups is 5. The minimum atomic E-state index is -0.385. The molecule has 0 saturated carbocycles. The minimum Gasteiger partial charge on any atom is -0.516 e. The number of aliphatic hydroxyl groups excluding tert-OH is 5. The number of fused-ring (bicyclic) bond motifs is 5. The molecule has 15 rings (SSSR count). The number of aliphatic hydroxyl groups is 5. The Morgan fingerprint density at radius 3 is 1.19 bits per heavy atom. The molecule has 0 aromatic heterocycles. The third-order valence-corrected chi connectivity index (χ3v) is 18.5. The molecule has 0 unspecified atom stereocenters. The fourth-order valence-corrected chi connectivity index (χ4v) is 13.6. The van der Waals surface area contributed by atoms with E-state index in [0.29, 0.717) is 24.7 Å². The van der Waals surface area contributed by atoms with Gasteiger partial charge in [0.05, 0.1) is 143 Å². The van der Waals surface area contributed by atoms with E-state index in [-0.39, 0.29) is 175 Å². The predicted octanol–water partition coefficient (Wildman–Crippen LogP) is 21.3.